The standard InChI is InChI=1S/C12H19BN2O2/c1-8-9(2)15-10(7-14-8)13-16-11(3,4)12(5,6)17-13/h7H,1-6H3/i1D3,2D3. The van der Waals surface area contributed by atoms with E-state index in [1.165, 1.54) is 6.20 Å². The maximum Gasteiger partial charge on any atom is 0.516 e. The monoisotopic (exact) mass is 240 g/mol. The fraction of sp³-hybridized carbons (Fsp3) is 0.667. The van der Waals surface area contributed by atoms with Crippen LogP contribution in [0.15, 0.2) is 6.20 Å². The van der Waals surface area contributed by atoms with E-state index in [0.717, 1.165) is 0 Å². The summed E-state index contributed by atoms with van der Waals surface area (Å²) in [5, 5.41) is 0. The van der Waals surface area contributed by atoms with Gasteiger partial charge in [-0.1, -0.05) is 0 Å². The highest BCUT2D eigenvalue weighted by molar-refractivity contribution is 6.61. The van der Waals surface area contributed by atoms with Gasteiger partial charge in [-0.15, -0.1) is 0 Å². The Morgan fingerprint density at radius 3 is 2.24 bits per heavy atom. The van der Waals surface area contributed by atoms with E-state index in [0.29, 0.717) is 0 Å². The van der Waals surface area contributed by atoms with E-state index in [1.807, 2.05) is 27.7 Å². The molecule has 2 rings (SSSR count). The molecule has 0 aromatic carbocycles. The molecule has 5 heteroatoms. The van der Waals surface area contributed by atoms with Crippen LogP contribution in [0.5, 0.6) is 0 Å². The molecule has 1 aliphatic rings. The minimum absolute atomic E-state index is 0.141. The van der Waals surface area contributed by atoms with Gasteiger partial charge in [0.05, 0.1) is 28.2 Å². The van der Waals surface area contributed by atoms with Gasteiger partial charge in [0.15, 0.2) is 0 Å². The fourth-order valence-corrected chi connectivity index (χ4v) is 1.48. The summed E-state index contributed by atoms with van der Waals surface area (Å²) in [6.07, 6.45) is 1.19. The normalized spacial score (nSPS) is 28.6. The number of aryl methyl sites for hydroxylation is 2. The minimum atomic E-state index is -2.70. The molecule has 0 aliphatic carbocycles. The Bertz CT molecular complexity index is 599. The zero-order chi connectivity index (χ0) is 17.8. The molecule has 0 amide bonds. The summed E-state index contributed by atoms with van der Waals surface area (Å²) in [6, 6.07) is 0. The molecule has 17 heavy (non-hydrogen) atoms. The average Bonchev–Trinajstić information content (AvgIpc) is 2.55. The quantitative estimate of drug-likeness (QED) is 0.696. The van der Waals surface area contributed by atoms with Gasteiger partial charge in [0, 0.05) is 14.4 Å². The average molecular weight is 240 g/mol. The second-order valence-electron chi connectivity index (χ2n) is 5.08. The Morgan fingerprint density at radius 2 is 1.71 bits per heavy atom. The first-order valence-electron chi connectivity index (χ1n) is 8.39. The Morgan fingerprint density at radius 1 is 1.12 bits per heavy atom. The molecular weight excluding hydrogens is 215 g/mol. The molecule has 4 nitrogen and oxygen atoms in total. The van der Waals surface area contributed by atoms with Crippen molar-refractivity contribution in [2.45, 2.75) is 52.6 Å². The first-order valence-corrected chi connectivity index (χ1v) is 5.39. The summed E-state index contributed by atoms with van der Waals surface area (Å²) in [6.45, 7) is 2.04. The van der Waals surface area contributed by atoms with E-state index >= 15 is 0 Å². The van der Waals surface area contributed by atoms with Gasteiger partial charge in [0.1, 0.15) is 0 Å². The van der Waals surface area contributed by atoms with Crippen LogP contribution < -0.4 is 5.59 Å². The third-order valence-electron chi connectivity index (χ3n) is 3.29. The molecule has 0 spiro atoms. The summed E-state index contributed by atoms with van der Waals surface area (Å²) in [4.78, 5) is 7.80. The van der Waals surface area contributed by atoms with Crippen LogP contribution >= 0.6 is 0 Å². The van der Waals surface area contributed by atoms with Crippen LogP contribution in [0.4, 0.5) is 0 Å². The third kappa shape index (κ3) is 2.09. The van der Waals surface area contributed by atoms with Gasteiger partial charge in [-0.2, -0.15) is 0 Å². The number of aromatic nitrogens is 2. The first kappa shape index (κ1) is 6.85. The van der Waals surface area contributed by atoms with Crippen LogP contribution in [-0.2, 0) is 9.31 Å². The van der Waals surface area contributed by atoms with Gasteiger partial charge in [-0.3, -0.25) is 9.97 Å². The number of hydrogen-bond donors (Lipinski definition) is 0. The Labute approximate surface area is 111 Å². The highest BCUT2D eigenvalue weighted by atomic mass is 16.7. The lowest BCUT2D eigenvalue weighted by Gasteiger charge is -2.32. The van der Waals surface area contributed by atoms with E-state index in [9.17, 15) is 0 Å². The minimum Gasteiger partial charge on any atom is -0.398 e. The molecule has 1 aromatic heterocycles. The molecule has 0 bridgehead atoms. The van der Waals surface area contributed by atoms with Crippen molar-refractivity contribution in [2.75, 3.05) is 0 Å². The van der Waals surface area contributed by atoms with Crippen molar-refractivity contribution in [3.8, 4) is 0 Å². The maximum absolute atomic E-state index is 7.52. The highest BCUT2D eigenvalue weighted by Gasteiger charge is 2.52. The molecule has 0 unspecified atom stereocenters. The van der Waals surface area contributed by atoms with Crippen LogP contribution in [0, 0.1) is 13.7 Å². The Balaban J connectivity index is 2.48. The van der Waals surface area contributed by atoms with E-state index in [4.69, 9.17) is 17.5 Å². The number of hydrogen-bond acceptors (Lipinski definition) is 4. The summed E-state index contributed by atoms with van der Waals surface area (Å²) in [5.74, 6) is 0. The predicted octanol–water partition coefficient (Wildman–Crippen LogP) is 1.39. The van der Waals surface area contributed by atoms with Gasteiger partial charge in [0.2, 0.25) is 0 Å². The molecule has 0 N–H and O–H groups in total. The SMILES string of the molecule is [2H]C([2H])([2H])c1ncc(B2OC(C)(C)C(C)(C)O2)nc1C([2H])([2H])[2H]. The molecule has 1 saturated heterocycles. The van der Waals surface area contributed by atoms with Crippen molar-refractivity contribution in [2.24, 2.45) is 0 Å². The van der Waals surface area contributed by atoms with Crippen LogP contribution in [0.25, 0.3) is 0 Å². The lowest BCUT2D eigenvalue weighted by Crippen LogP contribution is -2.41. The molecule has 1 aliphatic heterocycles. The summed E-state index contributed by atoms with van der Waals surface area (Å²) >= 11 is 0. The van der Waals surface area contributed by atoms with Crippen molar-refractivity contribution in [3.05, 3.63) is 17.6 Å². The van der Waals surface area contributed by atoms with Crippen LogP contribution in [0.1, 0.15) is 47.3 Å². The van der Waals surface area contributed by atoms with Crippen molar-refractivity contribution in [1.82, 2.24) is 9.97 Å². The van der Waals surface area contributed by atoms with Gasteiger partial charge >= 0.3 is 7.12 Å². The van der Waals surface area contributed by atoms with E-state index in [-0.39, 0.29) is 5.59 Å². The van der Waals surface area contributed by atoms with E-state index in [1.54, 1.807) is 0 Å². The second kappa shape index (κ2) is 3.78. The largest absolute Gasteiger partial charge is 0.516 e. The predicted molar refractivity (Wildman–Crippen MR) is 67.2 cm³/mol. The summed E-state index contributed by atoms with van der Waals surface area (Å²) in [7, 11) is -0.903. The summed E-state index contributed by atoms with van der Waals surface area (Å²) < 4.78 is 56.4. The van der Waals surface area contributed by atoms with Crippen molar-refractivity contribution >= 4 is 12.7 Å². The molecule has 1 fully saturated rings. The van der Waals surface area contributed by atoms with Crippen molar-refractivity contribution < 1.29 is 17.5 Å². The molecule has 0 saturated carbocycles. The highest BCUT2D eigenvalue weighted by Crippen LogP contribution is 2.36. The maximum atomic E-state index is 7.52. The van der Waals surface area contributed by atoms with Gasteiger partial charge in [-0.05, 0) is 41.4 Å². The van der Waals surface area contributed by atoms with Crippen LogP contribution in [0.2, 0.25) is 0 Å². The van der Waals surface area contributed by atoms with E-state index < -0.39 is 43.4 Å². The molecule has 2 heterocycles. The van der Waals surface area contributed by atoms with Gasteiger partial charge in [-0.25, -0.2) is 0 Å². The van der Waals surface area contributed by atoms with Crippen molar-refractivity contribution in [3.63, 3.8) is 0 Å². The van der Waals surface area contributed by atoms with Gasteiger partial charge < -0.3 is 9.31 Å². The Kier molecular flexibility index (Phi) is 1.53. The molecule has 0 atom stereocenters. The Hall–Kier alpha value is -0.935. The van der Waals surface area contributed by atoms with E-state index in [2.05, 4.69) is 9.97 Å². The topological polar surface area (TPSA) is 44.2 Å². The van der Waals surface area contributed by atoms with Crippen molar-refractivity contribution in [1.29, 1.82) is 0 Å². The second-order valence-corrected chi connectivity index (χ2v) is 5.08. The van der Waals surface area contributed by atoms with Crippen LogP contribution in [0.3, 0.4) is 0 Å². The molecule has 0 radical (unpaired) electrons. The molecule has 92 valence electrons. The number of nitrogens with zero attached hydrogens (tertiary/aromatic N) is 2. The van der Waals surface area contributed by atoms with Gasteiger partial charge in [0.25, 0.3) is 0 Å². The zero-order valence-corrected chi connectivity index (χ0v) is 10.4. The van der Waals surface area contributed by atoms with Crippen LogP contribution in [-0.4, -0.2) is 28.3 Å². The smallest absolute Gasteiger partial charge is 0.398 e. The number of rotatable bonds is 1. The first-order chi connectivity index (χ1) is 10.2. The fourth-order valence-electron chi connectivity index (χ4n) is 1.48. The lowest BCUT2D eigenvalue weighted by atomic mass is 9.85. The molecular formula is C12H19BN2O2. The lowest BCUT2D eigenvalue weighted by molar-refractivity contribution is 0.00578. The molecule has 1 aromatic rings. The zero-order valence-electron chi connectivity index (χ0n) is 16.4. The third-order valence-corrected chi connectivity index (χ3v) is 3.29. The summed E-state index contributed by atoms with van der Waals surface area (Å²) in [5.41, 5.74) is -2.19.